The van der Waals surface area contributed by atoms with E-state index in [1.807, 2.05) is 0 Å². The number of furan rings is 1. The Hall–Kier alpha value is -5.93. The first-order valence-electron chi connectivity index (χ1n) is 19.5. The topological polar surface area (TPSA) is 286 Å². The van der Waals surface area contributed by atoms with Gasteiger partial charge in [0.2, 0.25) is 5.76 Å². The van der Waals surface area contributed by atoms with Gasteiger partial charge in [0, 0.05) is 47.0 Å². The fourth-order valence-corrected chi connectivity index (χ4v) is 9.56. The minimum atomic E-state index is -3.00. The van der Waals surface area contributed by atoms with Crippen molar-refractivity contribution in [1.82, 2.24) is 4.98 Å². The van der Waals surface area contributed by atoms with E-state index < -0.39 is 144 Å². The van der Waals surface area contributed by atoms with Crippen molar-refractivity contribution in [1.29, 1.82) is 0 Å². The zero-order chi connectivity index (χ0) is 45.7. The molecule has 336 valence electrons. The highest BCUT2D eigenvalue weighted by atomic mass is 16.7. The summed E-state index contributed by atoms with van der Waals surface area (Å²) >= 11 is 0. The molecule has 6 rings (SSSR count). The number of ether oxygens (including phenoxy) is 9. The fraction of sp³-hybridized carbons (Fsp3) is 0.585. The third-order valence-electron chi connectivity index (χ3n) is 11.9. The predicted octanol–water partition coefficient (Wildman–Crippen LogP) is 0.864. The second-order valence-electron chi connectivity index (χ2n) is 16.4. The molecule has 4 heterocycles. The van der Waals surface area contributed by atoms with Crippen LogP contribution in [-0.4, -0.2) is 135 Å². The Morgan fingerprint density at radius 2 is 1.42 bits per heavy atom. The second-order valence-corrected chi connectivity index (χ2v) is 16.4. The van der Waals surface area contributed by atoms with Crippen LogP contribution in [0.1, 0.15) is 88.3 Å². The van der Waals surface area contributed by atoms with Crippen molar-refractivity contribution in [3.05, 3.63) is 53.7 Å². The molecule has 21 heteroatoms. The van der Waals surface area contributed by atoms with Gasteiger partial charge in [0.25, 0.3) is 0 Å². The number of carbonyl (C=O) groups is 8. The van der Waals surface area contributed by atoms with E-state index >= 15 is 0 Å². The lowest BCUT2D eigenvalue weighted by Gasteiger charge is -2.67. The maximum atomic E-state index is 14.4. The average molecular weight is 874 g/mol. The van der Waals surface area contributed by atoms with Gasteiger partial charge in [-0.05, 0) is 57.4 Å². The summed E-state index contributed by atoms with van der Waals surface area (Å²) in [4.78, 5) is 113. The summed E-state index contributed by atoms with van der Waals surface area (Å²) in [6.07, 6.45) is -9.80. The molecule has 1 saturated heterocycles. The van der Waals surface area contributed by atoms with Gasteiger partial charge in [0.05, 0.1) is 17.7 Å². The molecule has 2 N–H and O–H groups in total. The van der Waals surface area contributed by atoms with Crippen molar-refractivity contribution in [2.75, 3.05) is 13.2 Å². The van der Waals surface area contributed by atoms with E-state index in [1.54, 1.807) is 0 Å². The Labute approximate surface area is 353 Å². The lowest BCUT2D eigenvalue weighted by Crippen LogP contribution is -2.89. The molecule has 2 saturated carbocycles. The van der Waals surface area contributed by atoms with Gasteiger partial charge in [-0.3, -0.25) is 29.0 Å². The SMILES string of the molecule is CC(=O)OC[C@]12[C@H](OC(C)=O)[C@H](OC(C)=O)[C@@H]3[C@@H](OC(C)=O)[C@@]14O[C@@]3(C)COC(=O)c1cnccc1CC[C@@](C)(O)C(=O)O[C@@H]([C@H](OC(=O)c1ccco1)[C@@H]2OC(C)=O)[C@]4(C)O. The minimum absolute atomic E-state index is 0.102. The first-order chi connectivity index (χ1) is 28.9. The molecule has 62 heavy (non-hydrogen) atoms. The number of hydrogen-bond donors (Lipinski definition) is 2. The van der Waals surface area contributed by atoms with Crippen LogP contribution in [-0.2, 0) is 77.8 Å². The summed E-state index contributed by atoms with van der Waals surface area (Å²) in [5.41, 5.74) is -13.1. The number of pyridine rings is 1. The highest BCUT2D eigenvalue weighted by Crippen LogP contribution is 2.70. The van der Waals surface area contributed by atoms with Crippen LogP contribution in [0.5, 0.6) is 0 Å². The molecule has 0 unspecified atom stereocenters. The van der Waals surface area contributed by atoms with Crippen LogP contribution < -0.4 is 0 Å². The molecule has 0 amide bonds. The monoisotopic (exact) mass is 873 g/mol. The minimum Gasteiger partial charge on any atom is -0.465 e. The average Bonchev–Trinajstić information content (AvgIpc) is 3.79. The van der Waals surface area contributed by atoms with Crippen molar-refractivity contribution < 1.29 is 95.6 Å². The normalized spacial score (nSPS) is 36.3. The van der Waals surface area contributed by atoms with E-state index in [9.17, 15) is 48.6 Å². The zero-order valence-corrected chi connectivity index (χ0v) is 35.0. The summed E-state index contributed by atoms with van der Waals surface area (Å²) in [6.45, 7) is 6.24. The quantitative estimate of drug-likeness (QED) is 0.275. The number of esters is 8. The van der Waals surface area contributed by atoms with Crippen molar-refractivity contribution in [2.45, 2.75) is 127 Å². The number of aromatic nitrogens is 1. The van der Waals surface area contributed by atoms with E-state index in [0.717, 1.165) is 54.7 Å². The van der Waals surface area contributed by atoms with Gasteiger partial charge >= 0.3 is 47.8 Å². The van der Waals surface area contributed by atoms with E-state index in [2.05, 4.69) is 4.98 Å². The molecule has 12 atom stereocenters. The molecule has 2 aromatic rings. The Balaban J connectivity index is 1.79. The Kier molecular flexibility index (Phi) is 12.1. The van der Waals surface area contributed by atoms with Gasteiger partial charge in [-0.1, -0.05) is 0 Å². The molecule has 1 spiro atoms. The molecule has 0 radical (unpaired) electrons. The summed E-state index contributed by atoms with van der Waals surface area (Å²) in [5.74, 6) is -11.2. The Morgan fingerprint density at radius 1 is 0.806 bits per heavy atom. The lowest BCUT2D eigenvalue weighted by atomic mass is 9.45. The second kappa shape index (κ2) is 16.4. The van der Waals surface area contributed by atoms with Crippen molar-refractivity contribution in [3.8, 4) is 0 Å². The third kappa shape index (κ3) is 7.54. The first kappa shape index (κ1) is 45.6. The molecule has 3 fully saturated rings. The molecule has 0 aromatic carbocycles. The number of fused-ring (bicyclic) bond motifs is 5. The van der Waals surface area contributed by atoms with Crippen LogP contribution in [0.25, 0.3) is 0 Å². The smallest absolute Gasteiger partial charge is 0.374 e. The van der Waals surface area contributed by atoms with Crippen LogP contribution in [0.4, 0.5) is 0 Å². The van der Waals surface area contributed by atoms with Crippen molar-refractivity contribution in [2.24, 2.45) is 11.3 Å². The Morgan fingerprint density at radius 3 is 2.00 bits per heavy atom. The fourth-order valence-electron chi connectivity index (χ4n) is 9.56. The molecular weight excluding hydrogens is 826 g/mol. The molecule has 21 nitrogen and oxygen atoms in total. The Bertz CT molecular complexity index is 2150. The molecule has 2 aromatic heterocycles. The number of carbonyl (C=O) groups excluding carboxylic acids is 8. The van der Waals surface area contributed by atoms with Crippen LogP contribution in [0.3, 0.4) is 0 Å². The standard InChI is InChI=1S/C41H47NO20/c1-19(43)54-18-40-32(58-22(4)46)28(56-20(2)44)27-30(57-21(3)45)41(40)39(8,52)31(29(33(40)59-23(5)47)60-35(49)26-10-9-15-53-26)61-36(50)37(6,51)13-11-24-12-14-42-16-25(24)34(48)55-17-38(27,7)62-41/h9-10,12,14-16,27-33,51-52H,11,13,17-18H2,1-8H3/t27-,28-,29+,30-,31+,32-,33+,37-,38+,39+,40-,41+/m1/s1. The summed E-state index contributed by atoms with van der Waals surface area (Å²) in [6, 6.07) is 3.96. The highest BCUT2D eigenvalue weighted by Gasteiger charge is 2.92. The van der Waals surface area contributed by atoms with Gasteiger partial charge in [0.15, 0.2) is 35.6 Å². The van der Waals surface area contributed by atoms with Gasteiger partial charge in [-0.25, -0.2) is 14.4 Å². The van der Waals surface area contributed by atoms with Gasteiger partial charge < -0.3 is 57.3 Å². The maximum Gasteiger partial charge on any atom is 0.374 e. The van der Waals surface area contributed by atoms with Crippen LogP contribution >= 0.6 is 0 Å². The van der Waals surface area contributed by atoms with Gasteiger partial charge in [-0.15, -0.1) is 0 Å². The number of rotatable bonds is 8. The number of cyclic esters (lactones) is 1. The molecule has 4 bridgehead atoms. The van der Waals surface area contributed by atoms with E-state index in [0.29, 0.717) is 0 Å². The predicted molar refractivity (Wildman–Crippen MR) is 199 cm³/mol. The highest BCUT2D eigenvalue weighted by molar-refractivity contribution is 5.91. The summed E-state index contributed by atoms with van der Waals surface area (Å²) < 4.78 is 59.8. The van der Waals surface area contributed by atoms with Gasteiger partial charge in [0.1, 0.15) is 42.0 Å². The molecule has 2 aliphatic carbocycles. The molecule has 2 aliphatic heterocycles. The van der Waals surface area contributed by atoms with Crippen molar-refractivity contribution in [3.63, 3.8) is 0 Å². The van der Waals surface area contributed by atoms with E-state index in [-0.39, 0.29) is 17.5 Å². The van der Waals surface area contributed by atoms with E-state index in [1.165, 1.54) is 37.5 Å². The number of aliphatic hydroxyl groups is 2. The lowest BCUT2D eigenvalue weighted by molar-refractivity contribution is -0.386. The molecule has 4 aliphatic rings. The van der Waals surface area contributed by atoms with E-state index in [4.69, 9.17) is 47.0 Å². The largest absolute Gasteiger partial charge is 0.465 e. The maximum absolute atomic E-state index is 14.4. The van der Waals surface area contributed by atoms with Crippen LogP contribution in [0.15, 0.2) is 41.3 Å². The summed E-state index contributed by atoms with van der Waals surface area (Å²) in [7, 11) is 0. The van der Waals surface area contributed by atoms with Crippen LogP contribution in [0, 0.1) is 11.3 Å². The third-order valence-corrected chi connectivity index (χ3v) is 11.9. The number of hydrogen-bond acceptors (Lipinski definition) is 21. The first-order valence-corrected chi connectivity index (χ1v) is 19.5. The number of aryl methyl sites for hydroxylation is 1. The van der Waals surface area contributed by atoms with Gasteiger partial charge in [-0.2, -0.15) is 0 Å². The van der Waals surface area contributed by atoms with Crippen LogP contribution in [0.2, 0.25) is 0 Å². The summed E-state index contributed by atoms with van der Waals surface area (Å²) in [5, 5.41) is 25.3. The number of nitrogens with zero attached hydrogens (tertiary/aromatic N) is 1. The molecular formula is C41H47NO20. The zero-order valence-electron chi connectivity index (χ0n) is 35.0. The van der Waals surface area contributed by atoms with Crippen molar-refractivity contribution >= 4 is 47.8 Å².